The molecular formula is C6H8N3. The molecule has 1 heterocycles. The average Bonchev–Trinajstić information content (AvgIpc) is 1.88. The van der Waals surface area contributed by atoms with Crippen LogP contribution in [0, 0.1) is 6.92 Å². The van der Waals surface area contributed by atoms with E-state index in [0.717, 1.165) is 5.69 Å². The minimum atomic E-state index is 0.316. The van der Waals surface area contributed by atoms with Gasteiger partial charge in [0.2, 0.25) is 5.95 Å². The fraction of sp³-hybridized carbons (Fsp3) is 0.167. The Labute approximate surface area is 53.9 Å². The molecule has 0 unspecified atom stereocenters. The third-order valence-electron chi connectivity index (χ3n) is 0.988. The maximum atomic E-state index is 5.28. The van der Waals surface area contributed by atoms with Crippen LogP contribution in [0.4, 0.5) is 5.95 Å². The van der Waals surface area contributed by atoms with Gasteiger partial charge >= 0.3 is 0 Å². The highest BCUT2D eigenvalue weighted by molar-refractivity contribution is 5.17. The quantitative estimate of drug-likeness (QED) is 0.587. The van der Waals surface area contributed by atoms with E-state index in [4.69, 9.17) is 5.73 Å². The van der Waals surface area contributed by atoms with Crippen molar-refractivity contribution in [2.24, 2.45) is 0 Å². The van der Waals surface area contributed by atoms with Gasteiger partial charge in [0, 0.05) is 11.9 Å². The fourth-order valence-corrected chi connectivity index (χ4v) is 0.552. The number of nitrogens with zero attached hydrogens (tertiary/aromatic N) is 2. The summed E-state index contributed by atoms with van der Waals surface area (Å²) in [5, 5.41) is 0. The number of rotatable bonds is 1. The molecule has 0 bridgehead atoms. The van der Waals surface area contributed by atoms with Crippen LogP contribution in [-0.4, -0.2) is 9.97 Å². The van der Waals surface area contributed by atoms with Crippen molar-refractivity contribution in [3.63, 3.8) is 0 Å². The first-order chi connectivity index (χ1) is 4.33. The number of aromatic nitrogens is 2. The van der Waals surface area contributed by atoms with E-state index in [1.54, 1.807) is 12.3 Å². The Hall–Kier alpha value is -1.12. The first kappa shape index (κ1) is 6.01. The maximum Gasteiger partial charge on any atom is 0.220 e. The second kappa shape index (κ2) is 2.44. The topological polar surface area (TPSA) is 51.8 Å². The Morgan fingerprint density at radius 1 is 1.67 bits per heavy atom. The van der Waals surface area contributed by atoms with Crippen LogP contribution >= 0.6 is 0 Å². The first-order valence-electron chi connectivity index (χ1n) is 2.69. The summed E-state index contributed by atoms with van der Waals surface area (Å²) in [6.07, 6.45) is 2.29. The smallest absolute Gasteiger partial charge is 0.220 e. The molecule has 0 aliphatic rings. The van der Waals surface area contributed by atoms with Crippen molar-refractivity contribution in [3.05, 3.63) is 24.9 Å². The van der Waals surface area contributed by atoms with Gasteiger partial charge in [0.15, 0.2) is 0 Å². The highest BCUT2D eigenvalue weighted by Gasteiger charge is 1.89. The molecule has 3 heteroatoms. The van der Waals surface area contributed by atoms with Gasteiger partial charge < -0.3 is 5.73 Å². The van der Waals surface area contributed by atoms with Gasteiger partial charge in [0.25, 0.3) is 0 Å². The number of anilines is 1. The largest absolute Gasteiger partial charge is 0.368 e. The molecule has 47 valence electrons. The molecule has 9 heavy (non-hydrogen) atoms. The third kappa shape index (κ3) is 1.38. The van der Waals surface area contributed by atoms with E-state index in [2.05, 4.69) is 16.9 Å². The summed E-state index contributed by atoms with van der Waals surface area (Å²) in [7, 11) is 0. The van der Waals surface area contributed by atoms with E-state index >= 15 is 0 Å². The Kier molecular flexibility index (Phi) is 1.63. The zero-order valence-corrected chi connectivity index (χ0v) is 5.04. The van der Waals surface area contributed by atoms with Gasteiger partial charge in [-0.2, -0.15) is 0 Å². The summed E-state index contributed by atoms with van der Waals surface area (Å²) >= 11 is 0. The van der Waals surface area contributed by atoms with Gasteiger partial charge in [-0.05, 0) is 19.4 Å². The van der Waals surface area contributed by atoms with E-state index in [1.807, 2.05) is 0 Å². The molecule has 2 N–H and O–H groups in total. The van der Waals surface area contributed by atoms with Crippen molar-refractivity contribution in [2.75, 3.05) is 5.73 Å². The van der Waals surface area contributed by atoms with Gasteiger partial charge in [-0.25, -0.2) is 9.97 Å². The molecule has 1 rings (SSSR count). The molecule has 3 nitrogen and oxygen atoms in total. The number of nitrogen functional groups attached to an aromatic ring is 1. The van der Waals surface area contributed by atoms with E-state index in [1.165, 1.54) is 0 Å². The summed E-state index contributed by atoms with van der Waals surface area (Å²) in [4.78, 5) is 7.62. The van der Waals surface area contributed by atoms with Crippen molar-refractivity contribution in [1.29, 1.82) is 0 Å². The van der Waals surface area contributed by atoms with Crippen LogP contribution in [0.15, 0.2) is 12.3 Å². The van der Waals surface area contributed by atoms with Crippen molar-refractivity contribution in [2.45, 2.75) is 6.42 Å². The minimum absolute atomic E-state index is 0.316. The van der Waals surface area contributed by atoms with E-state index in [0.29, 0.717) is 12.4 Å². The van der Waals surface area contributed by atoms with Gasteiger partial charge in [-0.3, -0.25) is 0 Å². The molecule has 1 aromatic rings. The highest BCUT2D eigenvalue weighted by atomic mass is 15.0. The summed E-state index contributed by atoms with van der Waals surface area (Å²) in [6.45, 7) is 3.65. The molecule has 0 aromatic carbocycles. The monoisotopic (exact) mass is 122 g/mol. The zero-order valence-electron chi connectivity index (χ0n) is 5.04. The average molecular weight is 122 g/mol. The molecule has 0 aliphatic carbocycles. The van der Waals surface area contributed by atoms with Crippen LogP contribution in [0.5, 0.6) is 0 Å². The lowest BCUT2D eigenvalue weighted by molar-refractivity contribution is 1.06. The number of nitrogens with two attached hydrogens (primary N) is 1. The zero-order chi connectivity index (χ0) is 6.69. The lowest BCUT2D eigenvalue weighted by atomic mass is 10.3. The summed E-state index contributed by atoms with van der Waals surface area (Å²) in [6, 6.07) is 1.80. The van der Waals surface area contributed by atoms with Crippen LogP contribution in [0.3, 0.4) is 0 Å². The lowest BCUT2D eigenvalue weighted by Crippen LogP contribution is -1.96. The van der Waals surface area contributed by atoms with E-state index < -0.39 is 0 Å². The first-order valence-corrected chi connectivity index (χ1v) is 2.69. The van der Waals surface area contributed by atoms with Crippen molar-refractivity contribution in [1.82, 2.24) is 9.97 Å². The van der Waals surface area contributed by atoms with Crippen LogP contribution in [-0.2, 0) is 6.42 Å². The fourth-order valence-electron chi connectivity index (χ4n) is 0.552. The third-order valence-corrected chi connectivity index (χ3v) is 0.988. The normalized spacial score (nSPS) is 9.44. The molecule has 0 saturated carbocycles. The van der Waals surface area contributed by atoms with Crippen LogP contribution in [0.1, 0.15) is 5.69 Å². The lowest BCUT2D eigenvalue weighted by Gasteiger charge is -1.93. The van der Waals surface area contributed by atoms with E-state index in [9.17, 15) is 0 Å². The summed E-state index contributed by atoms with van der Waals surface area (Å²) in [5.41, 5.74) is 6.16. The molecule has 0 atom stereocenters. The molecule has 0 amide bonds. The van der Waals surface area contributed by atoms with Crippen LogP contribution < -0.4 is 5.73 Å². The molecule has 0 spiro atoms. The maximum absolute atomic E-state index is 5.28. The predicted octanol–water partition coefficient (Wildman–Crippen LogP) is 0.435. The Morgan fingerprint density at radius 3 is 2.89 bits per heavy atom. The Balaban J connectivity index is 2.94. The minimum Gasteiger partial charge on any atom is -0.368 e. The summed E-state index contributed by atoms with van der Waals surface area (Å²) in [5.74, 6) is 0.316. The molecule has 1 aromatic heterocycles. The van der Waals surface area contributed by atoms with Gasteiger partial charge in [-0.1, -0.05) is 0 Å². The Bertz CT molecular complexity index is 197. The number of hydrogen-bond donors (Lipinski definition) is 1. The molecule has 0 saturated heterocycles. The highest BCUT2D eigenvalue weighted by Crippen LogP contribution is 1.95. The second-order valence-electron chi connectivity index (χ2n) is 1.66. The summed E-state index contributed by atoms with van der Waals surface area (Å²) < 4.78 is 0. The molecule has 0 aliphatic heterocycles. The van der Waals surface area contributed by atoms with Crippen LogP contribution in [0.2, 0.25) is 0 Å². The number of hydrogen-bond acceptors (Lipinski definition) is 3. The Morgan fingerprint density at radius 2 is 2.44 bits per heavy atom. The molecule has 0 fully saturated rings. The molecular weight excluding hydrogens is 114 g/mol. The van der Waals surface area contributed by atoms with Crippen molar-refractivity contribution >= 4 is 5.95 Å². The van der Waals surface area contributed by atoms with Gasteiger partial charge in [0.05, 0.1) is 0 Å². The van der Waals surface area contributed by atoms with Gasteiger partial charge in [0.1, 0.15) is 0 Å². The molecule has 1 radical (unpaired) electrons. The van der Waals surface area contributed by atoms with Crippen LogP contribution in [0.25, 0.3) is 0 Å². The van der Waals surface area contributed by atoms with E-state index in [-0.39, 0.29) is 0 Å². The van der Waals surface area contributed by atoms with Crippen molar-refractivity contribution in [3.8, 4) is 0 Å². The second-order valence-corrected chi connectivity index (χ2v) is 1.66. The van der Waals surface area contributed by atoms with Gasteiger partial charge in [-0.15, -0.1) is 0 Å². The predicted molar refractivity (Wildman–Crippen MR) is 35.5 cm³/mol. The standard InChI is InChI=1S/C6H8N3/c1-2-5-3-4-8-6(7)9-5/h3-4H,1-2H2,(H2,7,8,9). The SMILES string of the molecule is [CH2]Cc1ccnc(N)n1. The van der Waals surface area contributed by atoms with Crippen molar-refractivity contribution < 1.29 is 0 Å².